The van der Waals surface area contributed by atoms with Crippen LogP contribution in [0.1, 0.15) is 0 Å². The average Bonchev–Trinajstić information content (AvgIpc) is 1.91. The van der Waals surface area contributed by atoms with Crippen LogP contribution in [0, 0.1) is 0 Å². The normalized spacial score (nSPS) is 21.3. The van der Waals surface area contributed by atoms with Gasteiger partial charge in [-0.25, -0.2) is 0 Å². The van der Waals surface area contributed by atoms with Gasteiger partial charge in [0.2, 0.25) is 5.91 Å². The second-order valence-corrected chi connectivity index (χ2v) is 1.57. The van der Waals surface area contributed by atoms with Gasteiger partial charge in [-0.15, -0.1) is 0 Å². The Morgan fingerprint density at radius 1 is 1.86 bits per heavy atom. The highest BCUT2D eigenvalue weighted by Gasteiger charge is 2.14. The van der Waals surface area contributed by atoms with Crippen LogP contribution in [0.2, 0.25) is 0 Å². The quantitative estimate of drug-likeness (QED) is 0.409. The van der Waals surface area contributed by atoms with Crippen molar-refractivity contribution in [3.63, 3.8) is 0 Å². The average molecular weight is 101 g/mol. The fourth-order valence-corrected chi connectivity index (χ4v) is 0.452. The molecule has 1 amide bonds. The van der Waals surface area contributed by atoms with E-state index in [0.29, 0.717) is 6.73 Å². The van der Waals surface area contributed by atoms with Crippen molar-refractivity contribution in [2.75, 3.05) is 20.4 Å². The van der Waals surface area contributed by atoms with Gasteiger partial charge in [0, 0.05) is 7.05 Å². The lowest BCUT2D eigenvalue weighted by molar-refractivity contribution is -0.125. The van der Waals surface area contributed by atoms with Crippen molar-refractivity contribution in [2.24, 2.45) is 0 Å². The summed E-state index contributed by atoms with van der Waals surface area (Å²) in [5.41, 5.74) is 0. The van der Waals surface area contributed by atoms with Gasteiger partial charge in [-0.2, -0.15) is 0 Å². The Balaban J connectivity index is 2.48. The molecule has 3 nitrogen and oxygen atoms in total. The molecule has 1 rings (SSSR count). The van der Waals surface area contributed by atoms with Crippen LogP contribution in [0.25, 0.3) is 0 Å². The molecule has 40 valence electrons. The molecule has 0 aromatic carbocycles. The van der Waals surface area contributed by atoms with E-state index < -0.39 is 0 Å². The maximum atomic E-state index is 10.4. The zero-order valence-corrected chi connectivity index (χ0v) is 4.18. The number of carbonyl (C=O) groups is 1. The Labute approximate surface area is 41.9 Å². The molecule has 1 aliphatic heterocycles. The summed E-state index contributed by atoms with van der Waals surface area (Å²) >= 11 is 0. The molecule has 0 spiro atoms. The van der Waals surface area contributed by atoms with Crippen molar-refractivity contribution in [1.29, 1.82) is 0 Å². The molecule has 1 fully saturated rings. The largest absolute Gasteiger partial charge is 0.351 e. The molecule has 0 unspecified atom stereocenters. The molecule has 0 bridgehead atoms. The topological polar surface area (TPSA) is 29.5 Å². The second kappa shape index (κ2) is 1.50. The first-order valence-corrected chi connectivity index (χ1v) is 2.12. The van der Waals surface area contributed by atoms with Crippen LogP contribution in [0.15, 0.2) is 0 Å². The highest BCUT2D eigenvalue weighted by molar-refractivity contribution is 5.78. The first-order chi connectivity index (χ1) is 3.30. The van der Waals surface area contributed by atoms with E-state index in [0.717, 1.165) is 0 Å². The van der Waals surface area contributed by atoms with E-state index in [4.69, 9.17) is 4.74 Å². The lowest BCUT2D eigenvalue weighted by Crippen LogP contribution is -2.19. The third-order valence-electron chi connectivity index (χ3n) is 0.936. The van der Waals surface area contributed by atoms with Gasteiger partial charge >= 0.3 is 0 Å². The molecule has 0 N–H and O–H groups in total. The summed E-state index contributed by atoms with van der Waals surface area (Å²) in [5, 5.41) is 0. The maximum absolute atomic E-state index is 10.4. The summed E-state index contributed by atoms with van der Waals surface area (Å²) in [4.78, 5) is 11.9. The zero-order valence-electron chi connectivity index (χ0n) is 4.18. The molecule has 3 heteroatoms. The minimum Gasteiger partial charge on any atom is -0.351 e. The van der Waals surface area contributed by atoms with Crippen molar-refractivity contribution < 1.29 is 9.53 Å². The Hall–Kier alpha value is -0.570. The van der Waals surface area contributed by atoms with Gasteiger partial charge in [0.05, 0.1) is 0 Å². The minimum atomic E-state index is 0.0694. The zero-order chi connectivity index (χ0) is 5.28. The summed E-state index contributed by atoms with van der Waals surface area (Å²) < 4.78 is 4.75. The molecule has 0 aliphatic carbocycles. The lowest BCUT2D eigenvalue weighted by atomic mass is 10.6. The van der Waals surface area contributed by atoms with Crippen molar-refractivity contribution in [3.05, 3.63) is 0 Å². The smallest absolute Gasteiger partial charge is 0.250 e. The third-order valence-corrected chi connectivity index (χ3v) is 0.936. The van der Waals surface area contributed by atoms with Crippen LogP contribution in [-0.4, -0.2) is 31.2 Å². The second-order valence-electron chi connectivity index (χ2n) is 1.57. The predicted molar refractivity (Wildman–Crippen MR) is 23.6 cm³/mol. The van der Waals surface area contributed by atoms with Crippen LogP contribution in [0.4, 0.5) is 0 Å². The number of amides is 1. The van der Waals surface area contributed by atoms with Crippen molar-refractivity contribution in [3.8, 4) is 0 Å². The Kier molecular flexibility index (Phi) is 0.982. The Morgan fingerprint density at radius 2 is 2.57 bits per heavy atom. The SMILES string of the molecule is CN1COCC1=O. The molecule has 1 heterocycles. The van der Waals surface area contributed by atoms with Crippen LogP contribution in [0.3, 0.4) is 0 Å². The molecule has 0 atom stereocenters. The van der Waals surface area contributed by atoms with Gasteiger partial charge in [0.25, 0.3) is 0 Å². The summed E-state index contributed by atoms with van der Waals surface area (Å²) in [6.45, 7) is 0.718. The van der Waals surface area contributed by atoms with Gasteiger partial charge in [0.15, 0.2) is 0 Å². The van der Waals surface area contributed by atoms with Crippen molar-refractivity contribution >= 4 is 5.91 Å². The van der Waals surface area contributed by atoms with E-state index in [1.807, 2.05) is 0 Å². The van der Waals surface area contributed by atoms with E-state index in [1.165, 1.54) is 0 Å². The number of hydrogen-bond donors (Lipinski definition) is 0. The summed E-state index contributed by atoms with van der Waals surface area (Å²) in [6, 6.07) is 0. The maximum Gasteiger partial charge on any atom is 0.250 e. The molecule has 0 radical (unpaired) electrons. The van der Waals surface area contributed by atoms with Gasteiger partial charge in [-0.05, 0) is 0 Å². The van der Waals surface area contributed by atoms with Gasteiger partial charge < -0.3 is 9.64 Å². The summed E-state index contributed by atoms with van der Waals surface area (Å²) in [7, 11) is 1.72. The molecular formula is C4H7NO2. The van der Waals surface area contributed by atoms with E-state index in [2.05, 4.69) is 0 Å². The standard InChI is InChI=1S/C4H7NO2/c1-5-3-7-2-4(5)6/h2-3H2,1H3. The molecule has 1 aliphatic rings. The summed E-state index contributed by atoms with van der Waals surface area (Å²) in [6.07, 6.45) is 0. The Morgan fingerprint density at radius 3 is 2.71 bits per heavy atom. The lowest BCUT2D eigenvalue weighted by Gasteiger charge is -2.00. The number of hydrogen-bond acceptors (Lipinski definition) is 2. The molecular weight excluding hydrogens is 94.0 g/mol. The number of carbonyl (C=O) groups excluding carboxylic acids is 1. The molecule has 0 saturated carbocycles. The fraction of sp³-hybridized carbons (Fsp3) is 0.750. The fourth-order valence-electron chi connectivity index (χ4n) is 0.452. The first kappa shape index (κ1) is 4.59. The van der Waals surface area contributed by atoms with E-state index in [9.17, 15) is 4.79 Å². The van der Waals surface area contributed by atoms with E-state index in [-0.39, 0.29) is 12.5 Å². The van der Waals surface area contributed by atoms with Crippen molar-refractivity contribution in [2.45, 2.75) is 0 Å². The number of nitrogens with zero attached hydrogens (tertiary/aromatic N) is 1. The van der Waals surface area contributed by atoms with E-state index in [1.54, 1.807) is 11.9 Å². The molecule has 7 heavy (non-hydrogen) atoms. The third kappa shape index (κ3) is 0.718. The first-order valence-electron chi connectivity index (χ1n) is 2.12. The number of rotatable bonds is 0. The highest BCUT2D eigenvalue weighted by Crippen LogP contribution is 1.94. The van der Waals surface area contributed by atoms with E-state index >= 15 is 0 Å². The monoisotopic (exact) mass is 101 g/mol. The van der Waals surface area contributed by atoms with Crippen LogP contribution in [-0.2, 0) is 9.53 Å². The summed E-state index contributed by atoms with van der Waals surface area (Å²) in [5.74, 6) is 0.0694. The van der Waals surface area contributed by atoms with Gasteiger partial charge in [-0.1, -0.05) is 0 Å². The van der Waals surface area contributed by atoms with Gasteiger partial charge in [0.1, 0.15) is 13.3 Å². The predicted octanol–water partition coefficient (Wildman–Crippen LogP) is -0.568. The van der Waals surface area contributed by atoms with Crippen LogP contribution < -0.4 is 0 Å². The molecule has 0 aromatic heterocycles. The minimum absolute atomic E-state index is 0.0694. The Bertz CT molecular complexity index is 91.7. The van der Waals surface area contributed by atoms with Gasteiger partial charge in [-0.3, -0.25) is 4.79 Å². The van der Waals surface area contributed by atoms with Crippen LogP contribution >= 0.6 is 0 Å². The molecule has 1 saturated heterocycles. The number of likely N-dealkylation sites (N-methyl/N-ethyl adjacent to an activating group) is 1. The highest BCUT2D eigenvalue weighted by atomic mass is 16.5. The number of ether oxygens (including phenoxy) is 1. The van der Waals surface area contributed by atoms with Crippen molar-refractivity contribution in [1.82, 2.24) is 4.90 Å². The molecule has 0 aromatic rings. The van der Waals surface area contributed by atoms with Crippen LogP contribution in [0.5, 0.6) is 0 Å².